The van der Waals surface area contributed by atoms with E-state index in [1.165, 1.54) is 24.3 Å². The number of benzene rings is 5. The number of rotatable bonds is 7. The van der Waals surface area contributed by atoms with Gasteiger partial charge >= 0.3 is 0 Å². The molecule has 0 atom stereocenters. The van der Waals surface area contributed by atoms with Gasteiger partial charge in [0, 0.05) is 33.1 Å². The summed E-state index contributed by atoms with van der Waals surface area (Å²) in [4.78, 5) is 42.1. The molecule has 6 aromatic rings. The third-order valence-corrected chi connectivity index (χ3v) is 8.18. The molecule has 0 unspecified atom stereocenters. The number of H-pyrrole nitrogens is 1. The monoisotopic (exact) mass is 598 g/mol. The standard InChI is InChI=1S/C37H31FN4O3/c1-21-26(10-7-11-30(21)41-35(44)22-12-15-25(38)16-13-22)27-18-19-29(34(39)43)33-32(27)28-17-14-23(20-31(28)40-33)36(45)42-37(2,3)24-8-5-4-6-9-24/h4-20,40H,1-3H3,(H2,39,43)(H,41,44)(H,42,45). The Hall–Kier alpha value is -5.76. The smallest absolute Gasteiger partial charge is 0.255 e. The summed E-state index contributed by atoms with van der Waals surface area (Å²) in [6.07, 6.45) is 0. The molecule has 8 heteroatoms. The minimum Gasteiger partial charge on any atom is -0.366 e. The number of carbonyl (C=O) groups is 3. The number of carbonyl (C=O) groups excluding carboxylic acids is 3. The van der Waals surface area contributed by atoms with Crippen LogP contribution in [0.4, 0.5) is 10.1 Å². The molecule has 0 saturated heterocycles. The van der Waals surface area contributed by atoms with Gasteiger partial charge in [0.15, 0.2) is 0 Å². The number of halogens is 1. The fraction of sp³-hybridized carbons (Fsp3) is 0.108. The predicted molar refractivity (Wildman–Crippen MR) is 176 cm³/mol. The van der Waals surface area contributed by atoms with E-state index in [0.717, 1.165) is 33.0 Å². The summed E-state index contributed by atoms with van der Waals surface area (Å²) in [6.45, 7) is 5.80. The SMILES string of the molecule is Cc1c(NC(=O)c2ccc(F)cc2)cccc1-c1ccc(C(N)=O)c2[nH]c3cc(C(=O)NC(C)(C)c4ccccc4)ccc3c12. The lowest BCUT2D eigenvalue weighted by Gasteiger charge is -2.27. The van der Waals surface area contributed by atoms with Crippen LogP contribution in [-0.4, -0.2) is 22.7 Å². The maximum absolute atomic E-state index is 13.4. The molecule has 3 amide bonds. The van der Waals surface area contributed by atoms with Crippen LogP contribution in [-0.2, 0) is 5.54 Å². The summed E-state index contributed by atoms with van der Waals surface area (Å²) in [5.74, 6) is -1.61. The zero-order valence-electron chi connectivity index (χ0n) is 25.0. The maximum Gasteiger partial charge on any atom is 0.255 e. The van der Waals surface area contributed by atoms with Gasteiger partial charge in [0.25, 0.3) is 17.7 Å². The van der Waals surface area contributed by atoms with E-state index in [-0.39, 0.29) is 11.8 Å². The number of fused-ring (bicyclic) bond motifs is 3. The van der Waals surface area contributed by atoms with Crippen molar-refractivity contribution in [3.8, 4) is 11.1 Å². The van der Waals surface area contributed by atoms with Gasteiger partial charge in [-0.25, -0.2) is 4.39 Å². The van der Waals surface area contributed by atoms with Crippen molar-refractivity contribution in [3.05, 3.63) is 137 Å². The Morgan fingerprint density at radius 1 is 0.778 bits per heavy atom. The molecular formula is C37H31FN4O3. The summed E-state index contributed by atoms with van der Waals surface area (Å²) >= 11 is 0. The van der Waals surface area contributed by atoms with Gasteiger partial charge in [0.05, 0.1) is 16.6 Å². The van der Waals surface area contributed by atoms with Gasteiger partial charge < -0.3 is 21.4 Å². The van der Waals surface area contributed by atoms with E-state index in [4.69, 9.17) is 5.73 Å². The molecule has 0 radical (unpaired) electrons. The van der Waals surface area contributed by atoms with Crippen LogP contribution in [0.2, 0.25) is 0 Å². The second kappa shape index (κ2) is 11.4. The summed E-state index contributed by atoms with van der Waals surface area (Å²) in [5.41, 5.74) is 11.5. The molecule has 5 aromatic carbocycles. The second-order valence-corrected chi connectivity index (χ2v) is 11.5. The van der Waals surface area contributed by atoms with Crippen molar-refractivity contribution < 1.29 is 18.8 Å². The fourth-order valence-corrected chi connectivity index (χ4v) is 5.73. The van der Waals surface area contributed by atoms with E-state index in [9.17, 15) is 18.8 Å². The van der Waals surface area contributed by atoms with Crippen molar-refractivity contribution in [2.24, 2.45) is 5.73 Å². The number of hydrogen-bond donors (Lipinski definition) is 4. The number of nitrogens with one attached hydrogen (secondary N) is 3. The second-order valence-electron chi connectivity index (χ2n) is 11.5. The van der Waals surface area contributed by atoms with Crippen molar-refractivity contribution in [2.45, 2.75) is 26.3 Å². The molecular weight excluding hydrogens is 567 g/mol. The minimum absolute atomic E-state index is 0.236. The van der Waals surface area contributed by atoms with Gasteiger partial charge in [-0.2, -0.15) is 0 Å². The molecule has 0 fully saturated rings. The molecule has 0 aliphatic rings. The summed E-state index contributed by atoms with van der Waals surface area (Å²) < 4.78 is 13.4. The zero-order chi connectivity index (χ0) is 31.9. The highest BCUT2D eigenvalue weighted by molar-refractivity contribution is 6.20. The molecule has 5 N–H and O–H groups in total. The first-order chi connectivity index (χ1) is 21.5. The van der Waals surface area contributed by atoms with E-state index in [1.807, 2.05) is 75.4 Å². The lowest BCUT2D eigenvalue weighted by atomic mass is 9.92. The van der Waals surface area contributed by atoms with Gasteiger partial charge in [-0.15, -0.1) is 0 Å². The van der Waals surface area contributed by atoms with Crippen molar-refractivity contribution in [3.63, 3.8) is 0 Å². The molecule has 0 saturated carbocycles. The largest absolute Gasteiger partial charge is 0.366 e. The van der Waals surface area contributed by atoms with Gasteiger partial charge in [0.1, 0.15) is 5.82 Å². The molecule has 6 rings (SSSR count). The first-order valence-electron chi connectivity index (χ1n) is 14.5. The molecule has 0 spiro atoms. The average molecular weight is 599 g/mol. The number of amides is 3. The highest BCUT2D eigenvalue weighted by Gasteiger charge is 2.24. The molecule has 0 aliphatic heterocycles. The highest BCUT2D eigenvalue weighted by Crippen LogP contribution is 2.39. The number of anilines is 1. The lowest BCUT2D eigenvalue weighted by Crippen LogP contribution is -2.40. The zero-order valence-corrected chi connectivity index (χ0v) is 25.0. The molecule has 224 valence electrons. The number of hydrogen-bond acceptors (Lipinski definition) is 3. The molecule has 0 aliphatic carbocycles. The Kier molecular flexibility index (Phi) is 7.42. The first-order valence-corrected chi connectivity index (χ1v) is 14.5. The fourth-order valence-electron chi connectivity index (χ4n) is 5.73. The van der Waals surface area contributed by atoms with Crippen molar-refractivity contribution in [1.82, 2.24) is 10.3 Å². The van der Waals surface area contributed by atoms with Crippen LogP contribution in [0.3, 0.4) is 0 Å². The van der Waals surface area contributed by atoms with Crippen LogP contribution in [0.1, 0.15) is 56.0 Å². The average Bonchev–Trinajstić information content (AvgIpc) is 3.41. The van der Waals surface area contributed by atoms with Crippen molar-refractivity contribution in [2.75, 3.05) is 5.32 Å². The van der Waals surface area contributed by atoms with Crippen LogP contribution in [0.25, 0.3) is 32.9 Å². The Morgan fingerprint density at radius 2 is 1.49 bits per heavy atom. The van der Waals surface area contributed by atoms with Crippen molar-refractivity contribution >= 4 is 45.2 Å². The van der Waals surface area contributed by atoms with Gasteiger partial charge in [0.2, 0.25) is 0 Å². The van der Waals surface area contributed by atoms with Crippen LogP contribution in [0.15, 0.2) is 103 Å². The van der Waals surface area contributed by atoms with Crippen LogP contribution >= 0.6 is 0 Å². The van der Waals surface area contributed by atoms with Crippen molar-refractivity contribution in [1.29, 1.82) is 0 Å². The summed E-state index contributed by atoms with van der Waals surface area (Å²) in [6, 6.07) is 29.6. The number of nitrogens with two attached hydrogens (primary N) is 1. The van der Waals surface area contributed by atoms with Gasteiger partial charge in [-0.3, -0.25) is 14.4 Å². The quantitative estimate of drug-likeness (QED) is 0.153. The Morgan fingerprint density at radius 3 is 2.20 bits per heavy atom. The van der Waals surface area contributed by atoms with E-state index in [0.29, 0.717) is 33.4 Å². The third kappa shape index (κ3) is 5.54. The minimum atomic E-state index is -0.602. The third-order valence-electron chi connectivity index (χ3n) is 8.18. The Balaban J connectivity index is 1.41. The van der Waals surface area contributed by atoms with Gasteiger partial charge in [-0.05, 0) is 91.6 Å². The molecule has 1 aromatic heterocycles. The number of primary amides is 1. The topological polar surface area (TPSA) is 117 Å². The summed E-state index contributed by atoms with van der Waals surface area (Å²) in [5, 5.41) is 7.62. The predicted octanol–water partition coefficient (Wildman–Crippen LogP) is 7.45. The molecule has 45 heavy (non-hydrogen) atoms. The van der Waals surface area contributed by atoms with E-state index >= 15 is 0 Å². The summed E-state index contributed by atoms with van der Waals surface area (Å²) in [7, 11) is 0. The molecule has 0 bridgehead atoms. The van der Waals surface area contributed by atoms with Crippen LogP contribution in [0.5, 0.6) is 0 Å². The van der Waals surface area contributed by atoms with Crippen LogP contribution < -0.4 is 16.4 Å². The normalized spacial score (nSPS) is 11.5. The van der Waals surface area contributed by atoms with Gasteiger partial charge in [-0.1, -0.05) is 54.6 Å². The highest BCUT2D eigenvalue weighted by atomic mass is 19.1. The lowest BCUT2D eigenvalue weighted by molar-refractivity contribution is 0.0910. The number of aromatic nitrogens is 1. The van der Waals surface area contributed by atoms with Crippen LogP contribution in [0, 0.1) is 12.7 Å². The Bertz CT molecular complexity index is 2120. The van der Waals surface area contributed by atoms with E-state index in [1.54, 1.807) is 24.3 Å². The number of aromatic amines is 1. The van der Waals surface area contributed by atoms with E-state index in [2.05, 4.69) is 15.6 Å². The van der Waals surface area contributed by atoms with E-state index < -0.39 is 17.3 Å². The first kappa shape index (κ1) is 29.3. The Labute approximate surface area is 259 Å². The molecule has 1 heterocycles. The maximum atomic E-state index is 13.4. The molecule has 7 nitrogen and oxygen atoms in total.